The van der Waals surface area contributed by atoms with Gasteiger partial charge in [-0.05, 0) is 24.5 Å². The lowest BCUT2D eigenvalue weighted by Crippen LogP contribution is -2.15. The molecule has 3 heteroatoms. The highest BCUT2D eigenvalue weighted by Crippen LogP contribution is 2.30. The van der Waals surface area contributed by atoms with Gasteiger partial charge in [-0.1, -0.05) is 39.0 Å². The van der Waals surface area contributed by atoms with Crippen molar-refractivity contribution in [1.82, 2.24) is 9.78 Å². The summed E-state index contributed by atoms with van der Waals surface area (Å²) in [5.41, 5.74) is 2.42. The van der Waals surface area contributed by atoms with Crippen LogP contribution >= 0.6 is 0 Å². The van der Waals surface area contributed by atoms with Crippen LogP contribution < -0.4 is 5.32 Å². The van der Waals surface area contributed by atoms with Crippen LogP contribution in [-0.2, 0) is 5.41 Å². The van der Waals surface area contributed by atoms with Gasteiger partial charge < -0.3 is 5.32 Å². The molecule has 0 aliphatic carbocycles. The molecular formula is C15H21N3. The molecule has 0 radical (unpaired) electrons. The number of nitrogens with one attached hydrogen (secondary N) is 1. The van der Waals surface area contributed by atoms with Crippen molar-refractivity contribution < 1.29 is 0 Å². The number of aromatic nitrogens is 2. The molecule has 1 aromatic heterocycles. The molecule has 0 spiro atoms. The molecule has 1 aromatic carbocycles. The number of para-hydroxylation sites is 1. The van der Waals surface area contributed by atoms with Gasteiger partial charge in [-0.25, -0.2) is 4.68 Å². The topological polar surface area (TPSA) is 29.9 Å². The lowest BCUT2D eigenvalue weighted by Gasteiger charge is -2.20. The van der Waals surface area contributed by atoms with Crippen molar-refractivity contribution in [3.8, 4) is 5.69 Å². The van der Waals surface area contributed by atoms with E-state index in [1.165, 1.54) is 5.56 Å². The van der Waals surface area contributed by atoms with Crippen molar-refractivity contribution in [3.05, 3.63) is 42.1 Å². The largest absolute Gasteiger partial charge is 0.370 e. The molecule has 1 heterocycles. The fraction of sp³-hybridized carbons (Fsp3) is 0.400. The fourth-order valence-electron chi connectivity index (χ4n) is 2.00. The maximum Gasteiger partial charge on any atom is 0.133 e. The van der Waals surface area contributed by atoms with Crippen LogP contribution in [0.3, 0.4) is 0 Å². The average molecular weight is 243 g/mol. The van der Waals surface area contributed by atoms with Gasteiger partial charge in [-0.15, -0.1) is 0 Å². The predicted octanol–water partition coefficient (Wildman–Crippen LogP) is 3.60. The van der Waals surface area contributed by atoms with Crippen molar-refractivity contribution in [2.45, 2.75) is 33.1 Å². The standard InChI is InChI=1S/C15H21N3/c1-5-16-14-13(15(2,3)4)11-17-18(14)12-9-7-6-8-10-12/h6-11,16H,5H2,1-4H3. The summed E-state index contributed by atoms with van der Waals surface area (Å²) in [6.45, 7) is 9.62. The Morgan fingerprint density at radius 3 is 2.39 bits per heavy atom. The minimum atomic E-state index is 0.0878. The molecule has 2 rings (SSSR count). The highest BCUT2D eigenvalue weighted by molar-refractivity contribution is 5.53. The normalized spacial score (nSPS) is 11.6. The van der Waals surface area contributed by atoms with Crippen molar-refractivity contribution in [3.63, 3.8) is 0 Å². The monoisotopic (exact) mass is 243 g/mol. The van der Waals surface area contributed by atoms with Crippen LogP contribution in [0, 0.1) is 0 Å². The first-order valence-electron chi connectivity index (χ1n) is 6.42. The summed E-state index contributed by atoms with van der Waals surface area (Å²) >= 11 is 0. The van der Waals surface area contributed by atoms with E-state index >= 15 is 0 Å². The first kappa shape index (κ1) is 12.7. The van der Waals surface area contributed by atoms with Gasteiger partial charge in [0.2, 0.25) is 0 Å². The van der Waals surface area contributed by atoms with E-state index in [4.69, 9.17) is 0 Å². The summed E-state index contributed by atoms with van der Waals surface area (Å²) in [4.78, 5) is 0. The average Bonchev–Trinajstić information content (AvgIpc) is 2.74. The molecule has 0 unspecified atom stereocenters. The molecular weight excluding hydrogens is 222 g/mol. The number of rotatable bonds is 3. The first-order valence-corrected chi connectivity index (χ1v) is 6.42. The molecule has 18 heavy (non-hydrogen) atoms. The molecule has 1 N–H and O–H groups in total. The minimum Gasteiger partial charge on any atom is -0.370 e. The Morgan fingerprint density at radius 2 is 1.83 bits per heavy atom. The number of benzene rings is 1. The van der Waals surface area contributed by atoms with E-state index < -0.39 is 0 Å². The number of hydrogen-bond acceptors (Lipinski definition) is 2. The molecule has 0 saturated heterocycles. The van der Waals surface area contributed by atoms with Crippen LogP contribution in [0.2, 0.25) is 0 Å². The molecule has 0 aliphatic rings. The maximum absolute atomic E-state index is 4.53. The summed E-state index contributed by atoms with van der Waals surface area (Å²) in [7, 11) is 0. The van der Waals surface area contributed by atoms with Crippen LogP contribution in [0.15, 0.2) is 36.5 Å². The van der Waals surface area contributed by atoms with Crippen LogP contribution in [0.5, 0.6) is 0 Å². The fourth-order valence-corrected chi connectivity index (χ4v) is 2.00. The number of anilines is 1. The van der Waals surface area contributed by atoms with Crippen LogP contribution in [0.1, 0.15) is 33.3 Å². The molecule has 2 aromatic rings. The molecule has 0 bridgehead atoms. The number of nitrogens with zero attached hydrogens (tertiary/aromatic N) is 2. The highest BCUT2D eigenvalue weighted by atomic mass is 15.3. The Labute approximate surface area is 109 Å². The van der Waals surface area contributed by atoms with Gasteiger partial charge in [-0.2, -0.15) is 5.10 Å². The first-order chi connectivity index (χ1) is 8.54. The van der Waals surface area contributed by atoms with Gasteiger partial charge in [0.15, 0.2) is 0 Å². The molecule has 0 fully saturated rings. The zero-order valence-corrected chi connectivity index (χ0v) is 11.6. The van der Waals surface area contributed by atoms with Gasteiger partial charge in [-0.3, -0.25) is 0 Å². The minimum absolute atomic E-state index is 0.0878. The molecule has 0 amide bonds. The summed E-state index contributed by atoms with van der Waals surface area (Å²) in [6.07, 6.45) is 1.96. The Hall–Kier alpha value is -1.77. The summed E-state index contributed by atoms with van der Waals surface area (Å²) in [5.74, 6) is 1.09. The van der Waals surface area contributed by atoms with Gasteiger partial charge in [0.05, 0.1) is 11.9 Å². The third-order valence-corrected chi connectivity index (χ3v) is 2.92. The Bertz CT molecular complexity index is 506. The third kappa shape index (κ3) is 2.40. The molecule has 3 nitrogen and oxygen atoms in total. The molecule has 96 valence electrons. The van der Waals surface area contributed by atoms with E-state index in [9.17, 15) is 0 Å². The molecule has 0 saturated carbocycles. The van der Waals surface area contributed by atoms with Crippen LogP contribution in [0.25, 0.3) is 5.69 Å². The summed E-state index contributed by atoms with van der Waals surface area (Å²) in [5, 5.41) is 7.96. The van der Waals surface area contributed by atoms with Crippen molar-refractivity contribution in [2.24, 2.45) is 0 Å². The lowest BCUT2D eigenvalue weighted by atomic mass is 9.89. The van der Waals surface area contributed by atoms with Crippen LogP contribution in [0.4, 0.5) is 5.82 Å². The molecule has 0 aliphatic heterocycles. The quantitative estimate of drug-likeness (QED) is 0.892. The van der Waals surface area contributed by atoms with Gasteiger partial charge >= 0.3 is 0 Å². The third-order valence-electron chi connectivity index (χ3n) is 2.92. The van der Waals surface area contributed by atoms with Gasteiger partial charge in [0, 0.05) is 12.1 Å². The molecule has 0 atom stereocenters. The maximum atomic E-state index is 4.53. The van der Waals surface area contributed by atoms with Crippen molar-refractivity contribution >= 4 is 5.82 Å². The summed E-state index contributed by atoms with van der Waals surface area (Å²) in [6, 6.07) is 10.2. The number of hydrogen-bond donors (Lipinski definition) is 1. The Kier molecular flexibility index (Phi) is 3.41. The zero-order valence-electron chi connectivity index (χ0n) is 11.6. The van der Waals surface area contributed by atoms with E-state index in [0.717, 1.165) is 18.1 Å². The van der Waals surface area contributed by atoms with E-state index in [0.29, 0.717) is 0 Å². The second-order valence-electron chi connectivity index (χ2n) is 5.43. The van der Waals surface area contributed by atoms with E-state index in [1.807, 2.05) is 29.1 Å². The lowest BCUT2D eigenvalue weighted by molar-refractivity contribution is 0.591. The zero-order chi connectivity index (χ0) is 13.2. The van der Waals surface area contributed by atoms with E-state index in [-0.39, 0.29) is 5.41 Å². The summed E-state index contributed by atoms with van der Waals surface area (Å²) < 4.78 is 1.98. The van der Waals surface area contributed by atoms with E-state index in [1.54, 1.807) is 0 Å². The van der Waals surface area contributed by atoms with E-state index in [2.05, 4.69) is 50.2 Å². The second kappa shape index (κ2) is 4.84. The SMILES string of the molecule is CCNc1c(C(C)(C)C)cnn1-c1ccccc1. The van der Waals surface area contributed by atoms with Crippen LogP contribution in [-0.4, -0.2) is 16.3 Å². The Balaban J connectivity index is 2.52. The Morgan fingerprint density at radius 1 is 1.17 bits per heavy atom. The van der Waals surface area contributed by atoms with Gasteiger partial charge in [0.1, 0.15) is 5.82 Å². The van der Waals surface area contributed by atoms with Gasteiger partial charge in [0.25, 0.3) is 0 Å². The second-order valence-corrected chi connectivity index (χ2v) is 5.43. The smallest absolute Gasteiger partial charge is 0.133 e. The van der Waals surface area contributed by atoms with Crippen molar-refractivity contribution in [2.75, 3.05) is 11.9 Å². The predicted molar refractivity (Wildman–Crippen MR) is 76.4 cm³/mol. The highest BCUT2D eigenvalue weighted by Gasteiger charge is 2.22. The van der Waals surface area contributed by atoms with Crippen molar-refractivity contribution in [1.29, 1.82) is 0 Å².